The fourth-order valence-electron chi connectivity index (χ4n) is 1.60. The predicted molar refractivity (Wildman–Crippen MR) is 75.1 cm³/mol. The van der Waals surface area contributed by atoms with Crippen LogP contribution in [0.4, 0.5) is 4.39 Å². The molecular formula is C14H13BrFNO2. The van der Waals surface area contributed by atoms with E-state index in [1.807, 2.05) is 6.07 Å². The van der Waals surface area contributed by atoms with Crippen molar-refractivity contribution < 1.29 is 13.9 Å². The second-order valence-electron chi connectivity index (χ2n) is 3.85. The maximum Gasteiger partial charge on any atom is 0.144 e. The molecule has 0 saturated heterocycles. The number of ether oxygens (including phenoxy) is 2. The van der Waals surface area contributed by atoms with Crippen LogP contribution in [0.25, 0.3) is 0 Å². The van der Waals surface area contributed by atoms with Gasteiger partial charge < -0.3 is 15.2 Å². The summed E-state index contributed by atoms with van der Waals surface area (Å²) in [5, 5.41) is 0. The van der Waals surface area contributed by atoms with Gasteiger partial charge in [0.1, 0.15) is 23.1 Å². The smallest absolute Gasteiger partial charge is 0.144 e. The first-order valence-electron chi connectivity index (χ1n) is 5.64. The summed E-state index contributed by atoms with van der Waals surface area (Å²) in [5.74, 6) is 1.23. The minimum absolute atomic E-state index is 0.326. The van der Waals surface area contributed by atoms with Crippen LogP contribution < -0.4 is 15.2 Å². The van der Waals surface area contributed by atoms with E-state index in [0.717, 1.165) is 5.56 Å². The molecule has 5 heteroatoms. The Balaban J connectivity index is 2.38. The molecule has 0 atom stereocenters. The van der Waals surface area contributed by atoms with E-state index in [-0.39, 0.29) is 5.82 Å². The van der Waals surface area contributed by atoms with Gasteiger partial charge in [-0.3, -0.25) is 0 Å². The number of hydrogen-bond donors (Lipinski definition) is 1. The molecule has 0 fully saturated rings. The van der Waals surface area contributed by atoms with Crippen LogP contribution in [-0.2, 0) is 6.54 Å². The molecule has 0 amide bonds. The molecule has 0 aliphatic carbocycles. The molecule has 0 bridgehead atoms. The first-order chi connectivity index (χ1) is 9.13. The van der Waals surface area contributed by atoms with Crippen LogP contribution in [0.5, 0.6) is 17.2 Å². The van der Waals surface area contributed by atoms with Crippen molar-refractivity contribution in [3.05, 3.63) is 52.3 Å². The third kappa shape index (κ3) is 3.24. The summed E-state index contributed by atoms with van der Waals surface area (Å²) >= 11 is 3.32. The van der Waals surface area contributed by atoms with Crippen molar-refractivity contribution in [2.75, 3.05) is 7.11 Å². The highest BCUT2D eigenvalue weighted by Gasteiger charge is 2.09. The van der Waals surface area contributed by atoms with Gasteiger partial charge in [0.15, 0.2) is 0 Å². The van der Waals surface area contributed by atoms with Gasteiger partial charge in [0.2, 0.25) is 0 Å². The van der Waals surface area contributed by atoms with Gasteiger partial charge in [-0.1, -0.05) is 6.07 Å². The molecular weight excluding hydrogens is 313 g/mol. The molecule has 2 N–H and O–H groups in total. The van der Waals surface area contributed by atoms with E-state index in [9.17, 15) is 4.39 Å². The molecule has 2 rings (SSSR count). The average molecular weight is 326 g/mol. The molecule has 100 valence electrons. The monoisotopic (exact) mass is 325 g/mol. The maximum atomic E-state index is 13.2. The number of hydrogen-bond acceptors (Lipinski definition) is 3. The lowest BCUT2D eigenvalue weighted by Gasteiger charge is -2.12. The molecule has 2 aromatic carbocycles. The molecule has 3 nitrogen and oxygen atoms in total. The summed E-state index contributed by atoms with van der Waals surface area (Å²) in [7, 11) is 1.57. The second-order valence-corrected chi connectivity index (χ2v) is 4.71. The van der Waals surface area contributed by atoms with Crippen LogP contribution >= 0.6 is 15.9 Å². The van der Waals surface area contributed by atoms with Crippen LogP contribution in [0.3, 0.4) is 0 Å². The van der Waals surface area contributed by atoms with E-state index in [4.69, 9.17) is 15.2 Å². The van der Waals surface area contributed by atoms with Crippen LogP contribution in [-0.4, -0.2) is 7.11 Å². The topological polar surface area (TPSA) is 44.5 Å². The summed E-state index contributed by atoms with van der Waals surface area (Å²) in [4.78, 5) is 0. The predicted octanol–water partition coefficient (Wildman–Crippen LogP) is 3.85. The Hall–Kier alpha value is -1.59. The molecule has 0 spiro atoms. The zero-order valence-corrected chi connectivity index (χ0v) is 11.9. The number of nitrogens with two attached hydrogens (primary N) is 1. The van der Waals surface area contributed by atoms with E-state index >= 15 is 0 Å². The molecule has 19 heavy (non-hydrogen) atoms. The Kier molecular flexibility index (Phi) is 4.39. The van der Waals surface area contributed by atoms with Gasteiger partial charge in [-0.2, -0.15) is 0 Å². The number of halogens is 2. The zero-order chi connectivity index (χ0) is 13.8. The van der Waals surface area contributed by atoms with Crippen molar-refractivity contribution >= 4 is 15.9 Å². The Morgan fingerprint density at radius 2 is 1.95 bits per heavy atom. The van der Waals surface area contributed by atoms with Gasteiger partial charge in [0.25, 0.3) is 0 Å². The maximum absolute atomic E-state index is 13.2. The fraction of sp³-hybridized carbons (Fsp3) is 0.143. The fourth-order valence-corrected chi connectivity index (χ4v) is 1.93. The van der Waals surface area contributed by atoms with E-state index in [1.165, 1.54) is 12.1 Å². The number of benzene rings is 2. The molecule has 0 aliphatic heterocycles. The summed E-state index contributed by atoms with van der Waals surface area (Å²) in [6, 6.07) is 9.60. The molecule has 0 heterocycles. The second kappa shape index (κ2) is 6.04. The van der Waals surface area contributed by atoms with Crippen molar-refractivity contribution in [3.8, 4) is 17.2 Å². The Bertz CT molecular complexity index is 590. The van der Waals surface area contributed by atoms with E-state index in [0.29, 0.717) is 28.3 Å². The lowest BCUT2D eigenvalue weighted by atomic mass is 10.2. The van der Waals surface area contributed by atoms with Crippen LogP contribution in [0.2, 0.25) is 0 Å². The Labute approximate surface area is 119 Å². The van der Waals surface area contributed by atoms with Crippen molar-refractivity contribution in [2.45, 2.75) is 6.54 Å². The zero-order valence-electron chi connectivity index (χ0n) is 10.3. The lowest BCUT2D eigenvalue weighted by molar-refractivity contribution is 0.407. The first-order valence-corrected chi connectivity index (χ1v) is 6.43. The van der Waals surface area contributed by atoms with E-state index in [2.05, 4.69) is 15.9 Å². The summed E-state index contributed by atoms with van der Waals surface area (Å²) in [6.07, 6.45) is 0. The molecule has 0 aliphatic rings. The van der Waals surface area contributed by atoms with Gasteiger partial charge in [-0.05, 0) is 34.1 Å². The van der Waals surface area contributed by atoms with Crippen LogP contribution in [0, 0.1) is 5.82 Å². The molecule has 0 aromatic heterocycles. The standard InChI is InChI=1S/C14H13BrFNO2/c1-18-11-4-2-9(8-17)13(7-11)19-14-6-10(16)3-5-12(14)15/h2-7H,8,17H2,1H3. The summed E-state index contributed by atoms with van der Waals surface area (Å²) < 4.78 is 24.7. The quantitative estimate of drug-likeness (QED) is 0.928. The Morgan fingerprint density at radius 1 is 1.16 bits per heavy atom. The van der Waals surface area contributed by atoms with Gasteiger partial charge in [0.05, 0.1) is 11.6 Å². The average Bonchev–Trinajstić information content (AvgIpc) is 2.42. The highest BCUT2D eigenvalue weighted by atomic mass is 79.9. The minimum atomic E-state index is -0.365. The number of rotatable bonds is 4. The highest BCUT2D eigenvalue weighted by Crippen LogP contribution is 2.33. The third-order valence-electron chi connectivity index (χ3n) is 2.61. The van der Waals surface area contributed by atoms with Crippen molar-refractivity contribution in [1.29, 1.82) is 0 Å². The van der Waals surface area contributed by atoms with E-state index < -0.39 is 0 Å². The largest absolute Gasteiger partial charge is 0.497 e. The molecule has 0 saturated carbocycles. The van der Waals surface area contributed by atoms with Crippen molar-refractivity contribution in [1.82, 2.24) is 0 Å². The van der Waals surface area contributed by atoms with Gasteiger partial charge >= 0.3 is 0 Å². The van der Waals surface area contributed by atoms with E-state index in [1.54, 1.807) is 25.3 Å². The highest BCUT2D eigenvalue weighted by molar-refractivity contribution is 9.10. The van der Waals surface area contributed by atoms with Crippen molar-refractivity contribution in [2.24, 2.45) is 5.73 Å². The number of methoxy groups -OCH3 is 1. The first kappa shape index (κ1) is 13.8. The normalized spacial score (nSPS) is 10.3. The summed E-state index contributed by atoms with van der Waals surface area (Å²) in [6.45, 7) is 0.326. The van der Waals surface area contributed by atoms with Crippen LogP contribution in [0.15, 0.2) is 40.9 Å². The summed E-state index contributed by atoms with van der Waals surface area (Å²) in [5.41, 5.74) is 6.47. The van der Waals surface area contributed by atoms with Gasteiger partial charge in [-0.15, -0.1) is 0 Å². The Morgan fingerprint density at radius 3 is 2.63 bits per heavy atom. The van der Waals surface area contributed by atoms with Gasteiger partial charge in [-0.25, -0.2) is 4.39 Å². The minimum Gasteiger partial charge on any atom is -0.497 e. The van der Waals surface area contributed by atoms with Gasteiger partial charge in [0, 0.05) is 24.2 Å². The third-order valence-corrected chi connectivity index (χ3v) is 3.26. The molecule has 0 radical (unpaired) electrons. The molecule has 0 unspecified atom stereocenters. The lowest BCUT2D eigenvalue weighted by Crippen LogP contribution is -2.00. The molecule has 2 aromatic rings. The van der Waals surface area contributed by atoms with Crippen molar-refractivity contribution in [3.63, 3.8) is 0 Å². The van der Waals surface area contributed by atoms with Crippen LogP contribution in [0.1, 0.15) is 5.56 Å². The SMILES string of the molecule is COc1ccc(CN)c(Oc2cc(F)ccc2Br)c1.